The second-order valence-corrected chi connectivity index (χ2v) is 10.1. The molecule has 0 aliphatic carbocycles. The van der Waals surface area contributed by atoms with Crippen LogP contribution in [-0.2, 0) is 25.2 Å². The summed E-state index contributed by atoms with van der Waals surface area (Å²) in [5, 5.41) is 21.7. The highest BCUT2D eigenvalue weighted by molar-refractivity contribution is 7.90. The molecule has 10 heteroatoms. The van der Waals surface area contributed by atoms with Crippen molar-refractivity contribution in [3.05, 3.63) is 77.1 Å². The van der Waals surface area contributed by atoms with Gasteiger partial charge in [-0.3, -0.25) is 9.59 Å². The molecule has 0 aliphatic heterocycles. The topological polar surface area (TPSA) is 130 Å². The number of rotatable bonds is 8. The Kier molecular flexibility index (Phi) is 7.45. The smallest absolute Gasteiger partial charge is 0.315 e. The van der Waals surface area contributed by atoms with Crippen molar-refractivity contribution in [2.45, 2.75) is 31.4 Å². The van der Waals surface area contributed by atoms with E-state index < -0.39 is 45.0 Å². The number of ether oxygens (including phenoxy) is 1. The number of anilines is 1. The molecule has 0 bridgehead atoms. The molecule has 8 nitrogen and oxygen atoms in total. The number of hydrogen-bond donors (Lipinski definition) is 3. The number of carboxylic acids is 1. The van der Waals surface area contributed by atoms with Gasteiger partial charge in [0.2, 0.25) is 5.91 Å². The maximum absolute atomic E-state index is 13.1. The summed E-state index contributed by atoms with van der Waals surface area (Å²) in [6.07, 6.45) is 0. The zero-order chi connectivity index (χ0) is 25.9. The molecular weight excluding hydrogens is 477 g/mol. The van der Waals surface area contributed by atoms with Crippen LogP contribution in [0.5, 0.6) is 17.2 Å². The lowest BCUT2D eigenvalue weighted by molar-refractivity contribution is -0.144. The summed E-state index contributed by atoms with van der Waals surface area (Å²) in [6, 6.07) is 12.0. The first-order valence-electron chi connectivity index (χ1n) is 10.5. The van der Waals surface area contributed by atoms with Gasteiger partial charge in [0.15, 0.2) is 9.84 Å². The maximum atomic E-state index is 13.1. The minimum atomic E-state index is -3.98. The Morgan fingerprint density at radius 2 is 1.63 bits per heavy atom. The third-order valence-electron chi connectivity index (χ3n) is 5.25. The fourth-order valence-corrected chi connectivity index (χ4v) is 4.82. The lowest BCUT2D eigenvalue weighted by Gasteiger charge is -2.16. The third-order valence-corrected chi connectivity index (χ3v) is 6.96. The molecule has 3 aromatic rings. The Hall–Kier alpha value is -3.92. The number of halogens is 1. The second-order valence-electron chi connectivity index (χ2n) is 8.11. The lowest BCUT2D eigenvalue weighted by atomic mass is 10.1. The second kappa shape index (κ2) is 10.1. The van der Waals surface area contributed by atoms with Gasteiger partial charge in [0.05, 0.1) is 5.75 Å². The van der Waals surface area contributed by atoms with Crippen molar-refractivity contribution < 1.29 is 37.3 Å². The van der Waals surface area contributed by atoms with Crippen LogP contribution in [0.3, 0.4) is 0 Å². The first-order valence-corrected chi connectivity index (χ1v) is 12.2. The Bertz CT molecular complexity index is 1360. The van der Waals surface area contributed by atoms with E-state index in [-0.39, 0.29) is 10.6 Å². The molecule has 3 aromatic carbocycles. The van der Waals surface area contributed by atoms with E-state index in [9.17, 15) is 27.5 Å². The molecular formula is C25H24FNO7S. The molecule has 0 radical (unpaired) electrons. The number of aliphatic carboxylic acids is 1. The molecule has 1 unspecified atom stereocenters. The molecule has 0 saturated heterocycles. The fraction of sp³-hybridized carbons (Fsp3) is 0.200. The van der Waals surface area contributed by atoms with E-state index >= 15 is 0 Å². The summed E-state index contributed by atoms with van der Waals surface area (Å²) < 4.78 is 44.9. The number of hydrogen-bond acceptors (Lipinski definition) is 6. The number of nitrogens with one attached hydrogen (secondary N) is 1. The van der Waals surface area contributed by atoms with Crippen LogP contribution in [-0.4, -0.2) is 30.5 Å². The van der Waals surface area contributed by atoms with Crippen molar-refractivity contribution in [3.63, 3.8) is 0 Å². The highest BCUT2D eigenvalue weighted by Crippen LogP contribution is 2.35. The Balaban J connectivity index is 1.85. The average molecular weight is 502 g/mol. The summed E-state index contributed by atoms with van der Waals surface area (Å²) in [7, 11) is -3.98. The van der Waals surface area contributed by atoms with Gasteiger partial charge in [-0.05, 0) is 73.9 Å². The van der Waals surface area contributed by atoms with Crippen LogP contribution in [0.1, 0.15) is 23.6 Å². The lowest BCUT2D eigenvalue weighted by Crippen LogP contribution is -2.26. The molecule has 0 aliphatic rings. The molecule has 0 aromatic heterocycles. The van der Waals surface area contributed by atoms with E-state index in [1.807, 2.05) is 0 Å². The van der Waals surface area contributed by atoms with Crippen LogP contribution in [0.25, 0.3) is 0 Å². The van der Waals surface area contributed by atoms with Crippen LogP contribution < -0.4 is 10.1 Å². The average Bonchev–Trinajstić information content (AvgIpc) is 2.78. The molecule has 3 rings (SSSR count). The molecule has 0 heterocycles. The van der Waals surface area contributed by atoms with E-state index in [2.05, 4.69) is 5.32 Å². The molecule has 1 amide bonds. The summed E-state index contributed by atoms with van der Waals surface area (Å²) in [5.74, 6) is -3.95. The number of aromatic hydroxyl groups is 1. The molecule has 0 spiro atoms. The van der Waals surface area contributed by atoms with Crippen molar-refractivity contribution in [1.29, 1.82) is 0 Å². The molecule has 0 saturated carbocycles. The number of aryl methyl sites for hydroxylation is 2. The van der Waals surface area contributed by atoms with E-state index in [0.29, 0.717) is 28.1 Å². The number of sulfone groups is 1. The van der Waals surface area contributed by atoms with E-state index in [4.69, 9.17) is 9.84 Å². The number of amides is 1. The van der Waals surface area contributed by atoms with Crippen LogP contribution in [0.4, 0.5) is 10.1 Å². The van der Waals surface area contributed by atoms with Crippen molar-refractivity contribution in [2.24, 2.45) is 5.92 Å². The molecule has 35 heavy (non-hydrogen) atoms. The number of phenols is 1. The van der Waals surface area contributed by atoms with Gasteiger partial charge in [-0.25, -0.2) is 12.8 Å². The minimum absolute atomic E-state index is 0.156. The SMILES string of the molecule is Cc1cc(NC(=O)C(C)C(=O)O)cc(C)c1Oc1ccc(O)c(S(=O)(=O)Cc2ccc(F)cc2)c1. The molecule has 1 atom stereocenters. The Labute approximate surface area is 201 Å². The van der Waals surface area contributed by atoms with Gasteiger partial charge in [-0.15, -0.1) is 0 Å². The Morgan fingerprint density at radius 3 is 2.20 bits per heavy atom. The standard InChI is InChI=1S/C25H24FNO7S/c1-14-10-19(27-24(29)16(3)25(30)31)11-15(2)23(14)34-20-8-9-21(28)22(12-20)35(32,33)13-17-4-6-18(26)7-5-17/h4-12,16,28H,13H2,1-3H3,(H,27,29)(H,30,31). The predicted octanol–water partition coefficient (Wildman–Crippen LogP) is 4.57. The summed E-state index contributed by atoms with van der Waals surface area (Å²) >= 11 is 0. The van der Waals surface area contributed by atoms with Gasteiger partial charge >= 0.3 is 5.97 Å². The van der Waals surface area contributed by atoms with Crippen molar-refractivity contribution in [2.75, 3.05) is 5.32 Å². The van der Waals surface area contributed by atoms with E-state index in [1.165, 1.54) is 37.3 Å². The zero-order valence-electron chi connectivity index (χ0n) is 19.2. The quantitative estimate of drug-likeness (QED) is 0.385. The summed E-state index contributed by atoms with van der Waals surface area (Å²) in [5.41, 5.74) is 1.96. The van der Waals surface area contributed by atoms with Crippen LogP contribution in [0.15, 0.2) is 59.5 Å². The predicted molar refractivity (Wildman–Crippen MR) is 127 cm³/mol. The molecule has 3 N–H and O–H groups in total. The highest BCUT2D eigenvalue weighted by Gasteiger charge is 2.23. The van der Waals surface area contributed by atoms with Gasteiger partial charge < -0.3 is 20.3 Å². The van der Waals surface area contributed by atoms with Crippen molar-refractivity contribution >= 4 is 27.4 Å². The number of phenolic OH excluding ortho intramolecular Hbond substituents is 1. The van der Waals surface area contributed by atoms with Gasteiger partial charge in [-0.1, -0.05) is 12.1 Å². The summed E-state index contributed by atoms with van der Waals surface area (Å²) in [6.45, 7) is 4.71. The monoisotopic (exact) mass is 501 g/mol. The zero-order valence-corrected chi connectivity index (χ0v) is 20.0. The number of carbonyl (C=O) groups is 2. The van der Waals surface area contributed by atoms with Gasteiger partial charge in [-0.2, -0.15) is 0 Å². The fourth-order valence-electron chi connectivity index (χ4n) is 3.35. The largest absolute Gasteiger partial charge is 0.507 e. The molecule has 184 valence electrons. The first kappa shape index (κ1) is 25.7. The van der Waals surface area contributed by atoms with Gasteiger partial charge in [0.25, 0.3) is 0 Å². The van der Waals surface area contributed by atoms with Crippen LogP contribution >= 0.6 is 0 Å². The number of carbonyl (C=O) groups excluding carboxylic acids is 1. The normalized spacial score (nSPS) is 12.1. The van der Waals surface area contributed by atoms with E-state index in [1.54, 1.807) is 26.0 Å². The van der Waals surface area contributed by atoms with Crippen molar-refractivity contribution in [1.82, 2.24) is 0 Å². The van der Waals surface area contributed by atoms with Gasteiger partial charge in [0.1, 0.15) is 33.9 Å². The third kappa shape index (κ3) is 6.15. The first-order chi connectivity index (χ1) is 16.4. The Morgan fingerprint density at radius 1 is 1.03 bits per heavy atom. The minimum Gasteiger partial charge on any atom is -0.507 e. The van der Waals surface area contributed by atoms with Crippen LogP contribution in [0.2, 0.25) is 0 Å². The van der Waals surface area contributed by atoms with Crippen LogP contribution in [0, 0.1) is 25.6 Å². The molecule has 0 fully saturated rings. The highest BCUT2D eigenvalue weighted by atomic mass is 32.2. The summed E-state index contributed by atoms with van der Waals surface area (Å²) in [4.78, 5) is 22.7. The van der Waals surface area contributed by atoms with E-state index in [0.717, 1.165) is 12.1 Å². The number of carboxylic acid groups (broad SMARTS) is 1. The maximum Gasteiger partial charge on any atom is 0.315 e. The van der Waals surface area contributed by atoms with Crippen molar-refractivity contribution in [3.8, 4) is 17.2 Å². The number of benzene rings is 3. The van der Waals surface area contributed by atoms with Gasteiger partial charge in [0, 0.05) is 11.8 Å².